The molecule has 2 aromatic rings. The lowest BCUT2D eigenvalue weighted by Crippen LogP contribution is -2.37. The van der Waals surface area contributed by atoms with Crippen LogP contribution in [0.3, 0.4) is 0 Å². The molecule has 0 aliphatic rings. The van der Waals surface area contributed by atoms with E-state index in [2.05, 4.69) is 9.97 Å². The molecule has 1 aromatic carbocycles. The highest BCUT2D eigenvalue weighted by molar-refractivity contribution is 6.31. The van der Waals surface area contributed by atoms with E-state index in [-0.39, 0.29) is 13.1 Å². The molecule has 0 saturated carbocycles. The Hall–Kier alpha value is -2.44. The summed E-state index contributed by atoms with van der Waals surface area (Å²) in [6.45, 7) is -0.0901. The van der Waals surface area contributed by atoms with Gasteiger partial charge in [0.05, 0.1) is 6.54 Å². The summed E-state index contributed by atoms with van der Waals surface area (Å²) in [6.07, 6.45) is 4.39. The van der Waals surface area contributed by atoms with E-state index in [0.717, 1.165) is 11.6 Å². The molecule has 8 heteroatoms. The Morgan fingerprint density at radius 1 is 1.21 bits per heavy atom. The zero-order valence-electron chi connectivity index (χ0n) is 12.5. The van der Waals surface area contributed by atoms with Gasteiger partial charge in [-0.3, -0.25) is 9.59 Å². The van der Waals surface area contributed by atoms with Crippen molar-refractivity contribution in [3.05, 3.63) is 58.9 Å². The maximum absolute atomic E-state index is 12.0. The third-order valence-corrected chi connectivity index (χ3v) is 3.36. The summed E-state index contributed by atoms with van der Waals surface area (Å²) < 4.78 is 0. The number of aromatic nitrogens is 2. The van der Waals surface area contributed by atoms with Gasteiger partial charge in [-0.2, -0.15) is 0 Å². The van der Waals surface area contributed by atoms with Crippen molar-refractivity contribution in [2.45, 2.75) is 6.54 Å². The van der Waals surface area contributed by atoms with Gasteiger partial charge in [0.25, 0.3) is 0 Å². The summed E-state index contributed by atoms with van der Waals surface area (Å²) in [5, 5.41) is 0.467. The third-order valence-electron chi connectivity index (χ3n) is 3.02. The number of hydrogen-bond acceptors (Lipinski definition) is 4. The monoisotopic (exact) mass is 364 g/mol. The molecule has 0 spiro atoms. The summed E-state index contributed by atoms with van der Waals surface area (Å²) in [6, 6.07) is 6.92. The predicted molar refractivity (Wildman–Crippen MR) is 92.1 cm³/mol. The van der Waals surface area contributed by atoms with Crippen LogP contribution in [0.5, 0.6) is 0 Å². The Morgan fingerprint density at radius 2 is 1.92 bits per heavy atom. The zero-order chi connectivity index (χ0) is 17.5. The highest BCUT2D eigenvalue weighted by Gasteiger charge is 2.15. The maximum Gasteiger partial charge on any atom is 0.248 e. The van der Waals surface area contributed by atoms with Crippen molar-refractivity contribution in [3.63, 3.8) is 0 Å². The van der Waals surface area contributed by atoms with Crippen LogP contribution in [-0.4, -0.2) is 33.2 Å². The number of carbonyl (C=O) groups excluding carboxylic acids is 2. The van der Waals surface area contributed by atoms with E-state index in [4.69, 9.17) is 28.9 Å². The minimum atomic E-state index is -0.625. The first-order valence-corrected chi connectivity index (χ1v) is 7.72. The molecular formula is C16H14Cl2N4O2. The minimum Gasteiger partial charge on any atom is -0.368 e. The summed E-state index contributed by atoms with van der Waals surface area (Å²) in [5.41, 5.74) is 7.69. The molecule has 0 radical (unpaired) electrons. The van der Waals surface area contributed by atoms with Gasteiger partial charge in [-0.25, -0.2) is 9.97 Å². The second-order valence-corrected chi connectivity index (χ2v) is 5.56. The lowest BCUT2D eigenvalue weighted by molar-refractivity contribution is -0.131. The van der Waals surface area contributed by atoms with Crippen molar-refractivity contribution in [3.8, 4) is 11.4 Å². The molecule has 124 valence electrons. The van der Waals surface area contributed by atoms with Crippen LogP contribution < -0.4 is 5.73 Å². The topological polar surface area (TPSA) is 89.2 Å². The number of hydrogen-bond donors (Lipinski definition) is 1. The van der Waals surface area contributed by atoms with Crippen LogP contribution in [0, 0.1) is 0 Å². The zero-order valence-corrected chi connectivity index (χ0v) is 14.0. The summed E-state index contributed by atoms with van der Waals surface area (Å²) >= 11 is 11.6. The van der Waals surface area contributed by atoms with Gasteiger partial charge in [-0.1, -0.05) is 23.2 Å². The third kappa shape index (κ3) is 5.04. The Kier molecular flexibility index (Phi) is 6.28. The van der Waals surface area contributed by atoms with Crippen molar-refractivity contribution < 1.29 is 9.59 Å². The minimum absolute atomic E-state index is 0.142. The molecule has 2 N–H and O–H groups in total. The quantitative estimate of drug-likeness (QED) is 0.796. The molecule has 6 nitrogen and oxygen atoms in total. The lowest BCUT2D eigenvalue weighted by Gasteiger charge is -2.20. The summed E-state index contributed by atoms with van der Waals surface area (Å²) in [7, 11) is 0. The first kappa shape index (κ1) is 17.9. The molecule has 0 saturated heterocycles. The van der Waals surface area contributed by atoms with E-state index in [1.165, 1.54) is 4.90 Å². The largest absolute Gasteiger partial charge is 0.368 e. The summed E-state index contributed by atoms with van der Waals surface area (Å²) in [5.74, 6) is -0.545. The van der Waals surface area contributed by atoms with E-state index >= 15 is 0 Å². The van der Waals surface area contributed by atoms with Gasteiger partial charge in [0.15, 0.2) is 5.82 Å². The fourth-order valence-corrected chi connectivity index (χ4v) is 2.46. The Balaban J connectivity index is 2.31. The second kappa shape index (κ2) is 8.42. The highest BCUT2D eigenvalue weighted by Crippen LogP contribution is 2.23. The van der Waals surface area contributed by atoms with Crippen LogP contribution in [-0.2, 0) is 16.1 Å². The number of benzene rings is 1. The normalized spacial score (nSPS) is 10.8. The van der Waals surface area contributed by atoms with Crippen LogP contribution in [0.4, 0.5) is 0 Å². The van der Waals surface area contributed by atoms with Crippen molar-refractivity contribution >= 4 is 35.0 Å². The van der Waals surface area contributed by atoms with Crippen LogP contribution in [0.25, 0.3) is 11.4 Å². The van der Waals surface area contributed by atoms with Gasteiger partial charge >= 0.3 is 0 Å². The number of rotatable bonds is 6. The number of halogens is 2. The van der Waals surface area contributed by atoms with Gasteiger partial charge in [-0.15, -0.1) is 0 Å². The van der Waals surface area contributed by atoms with Gasteiger partial charge in [-0.05, 0) is 29.8 Å². The fourth-order valence-electron chi connectivity index (χ4n) is 2.10. The van der Waals surface area contributed by atoms with Crippen molar-refractivity contribution in [1.82, 2.24) is 14.9 Å². The summed E-state index contributed by atoms with van der Waals surface area (Å²) in [4.78, 5) is 32.8. The molecule has 0 aliphatic heterocycles. The number of carbonyl (C=O) groups is 2. The number of amides is 2. The molecule has 1 heterocycles. The standard InChI is InChI=1S/C16H14Cl2N4O2/c17-3-2-15(24)22(10-14(19)23)9-11-6-12(8-13(18)7-11)16-20-4-1-5-21-16/h1-8H,9-10H2,(H2,19,23). The number of primary amides is 1. The molecule has 0 aliphatic carbocycles. The van der Waals surface area contributed by atoms with Gasteiger partial charge in [0, 0.05) is 41.1 Å². The molecular weight excluding hydrogens is 351 g/mol. The van der Waals surface area contributed by atoms with Crippen LogP contribution in [0.2, 0.25) is 5.02 Å². The molecule has 0 bridgehead atoms. The average molecular weight is 365 g/mol. The van der Waals surface area contributed by atoms with Gasteiger partial charge in [0.1, 0.15) is 0 Å². The Labute approximate surface area is 148 Å². The molecule has 1 aromatic heterocycles. The van der Waals surface area contributed by atoms with Crippen LogP contribution >= 0.6 is 23.2 Å². The van der Waals surface area contributed by atoms with Gasteiger partial charge in [0.2, 0.25) is 11.8 Å². The fraction of sp³-hybridized carbons (Fsp3) is 0.125. The van der Waals surface area contributed by atoms with E-state index in [1.807, 2.05) is 0 Å². The van der Waals surface area contributed by atoms with Crippen molar-refractivity contribution in [2.24, 2.45) is 5.73 Å². The average Bonchev–Trinajstić information content (AvgIpc) is 2.54. The van der Waals surface area contributed by atoms with E-state index in [0.29, 0.717) is 22.0 Å². The van der Waals surface area contributed by atoms with Crippen LogP contribution in [0.15, 0.2) is 48.3 Å². The van der Waals surface area contributed by atoms with E-state index in [9.17, 15) is 9.59 Å². The molecule has 2 rings (SSSR count). The van der Waals surface area contributed by atoms with Gasteiger partial charge < -0.3 is 10.6 Å². The Morgan fingerprint density at radius 3 is 2.54 bits per heavy atom. The smallest absolute Gasteiger partial charge is 0.248 e. The maximum atomic E-state index is 12.0. The first-order chi connectivity index (χ1) is 11.5. The number of nitrogens with two attached hydrogens (primary N) is 1. The second-order valence-electron chi connectivity index (χ2n) is 4.87. The van der Waals surface area contributed by atoms with Crippen molar-refractivity contribution in [1.29, 1.82) is 0 Å². The lowest BCUT2D eigenvalue weighted by atomic mass is 10.1. The van der Waals surface area contributed by atoms with Crippen LogP contribution in [0.1, 0.15) is 5.56 Å². The molecule has 0 fully saturated rings. The van der Waals surface area contributed by atoms with E-state index in [1.54, 1.807) is 36.7 Å². The highest BCUT2D eigenvalue weighted by atomic mass is 35.5. The van der Waals surface area contributed by atoms with E-state index < -0.39 is 11.8 Å². The molecule has 0 atom stereocenters. The predicted octanol–water partition coefficient (Wildman–Crippen LogP) is 2.36. The Bertz CT molecular complexity index is 766. The molecule has 24 heavy (non-hydrogen) atoms. The molecule has 2 amide bonds. The number of nitrogens with zero attached hydrogens (tertiary/aromatic N) is 3. The molecule has 0 unspecified atom stereocenters. The van der Waals surface area contributed by atoms with Crippen molar-refractivity contribution in [2.75, 3.05) is 6.54 Å². The SMILES string of the molecule is NC(=O)CN(Cc1cc(Cl)cc(-c2ncccn2)c1)C(=O)C=CCl. The first-order valence-electron chi connectivity index (χ1n) is 6.90.